The molecule has 2 aromatic heterocycles. The number of nitrogens with one attached hydrogen (secondary N) is 1. The number of aromatic nitrogens is 3. The Bertz CT molecular complexity index is 723. The van der Waals surface area contributed by atoms with Crippen LogP contribution in [-0.2, 0) is 6.42 Å². The molecule has 0 bridgehead atoms. The van der Waals surface area contributed by atoms with Crippen molar-refractivity contribution in [3.05, 3.63) is 42.4 Å². The first kappa shape index (κ1) is 13.7. The molecular formula is C16H18N4O. The second-order valence-corrected chi connectivity index (χ2v) is 4.91. The van der Waals surface area contributed by atoms with Gasteiger partial charge in [0.2, 0.25) is 11.8 Å². The molecule has 5 heteroatoms. The summed E-state index contributed by atoms with van der Waals surface area (Å²) in [6.07, 6.45) is 3.67. The molecule has 0 radical (unpaired) electrons. The molecule has 0 unspecified atom stereocenters. The molecule has 0 saturated heterocycles. The van der Waals surface area contributed by atoms with E-state index in [1.54, 1.807) is 6.20 Å². The summed E-state index contributed by atoms with van der Waals surface area (Å²) in [6.45, 7) is 4.02. The number of pyridine rings is 1. The van der Waals surface area contributed by atoms with Gasteiger partial charge < -0.3 is 9.73 Å². The SMILES string of the molecule is CCCNCCc1nnc(-c2ccc3ncccc3c2)o1. The number of hydrogen-bond acceptors (Lipinski definition) is 5. The largest absolute Gasteiger partial charge is 0.421 e. The van der Waals surface area contributed by atoms with Gasteiger partial charge in [0.1, 0.15) is 0 Å². The van der Waals surface area contributed by atoms with Crippen LogP contribution in [0.3, 0.4) is 0 Å². The predicted octanol–water partition coefficient (Wildman–Crippen LogP) is 2.83. The molecule has 1 N–H and O–H groups in total. The second kappa shape index (κ2) is 6.45. The molecule has 0 atom stereocenters. The second-order valence-electron chi connectivity index (χ2n) is 4.91. The molecule has 5 nitrogen and oxygen atoms in total. The van der Waals surface area contributed by atoms with E-state index in [1.165, 1.54) is 0 Å². The standard InChI is InChI=1S/C16H18N4O/c1-2-8-17-10-7-15-19-20-16(21-15)13-5-6-14-12(11-13)4-3-9-18-14/h3-6,9,11,17H,2,7-8,10H2,1H3. The fraction of sp³-hybridized carbons (Fsp3) is 0.312. The average Bonchev–Trinajstić information content (AvgIpc) is 3.00. The van der Waals surface area contributed by atoms with E-state index in [4.69, 9.17) is 4.42 Å². The lowest BCUT2D eigenvalue weighted by molar-refractivity contribution is 0.494. The van der Waals surface area contributed by atoms with Crippen LogP contribution in [-0.4, -0.2) is 28.3 Å². The third kappa shape index (κ3) is 3.25. The quantitative estimate of drug-likeness (QED) is 0.704. The maximum absolute atomic E-state index is 5.72. The van der Waals surface area contributed by atoms with E-state index in [-0.39, 0.29) is 0 Å². The van der Waals surface area contributed by atoms with Gasteiger partial charge in [-0.3, -0.25) is 4.98 Å². The van der Waals surface area contributed by atoms with E-state index in [2.05, 4.69) is 27.4 Å². The van der Waals surface area contributed by atoms with Gasteiger partial charge in [0.25, 0.3) is 0 Å². The highest BCUT2D eigenvalue weighted by molar-refractivity contribution is 5.82. The van der Waals surface area contributed by atoms with Crippen LogP contribution in [0.15, 0.2) is 40.9 Å². The van der Waals surface area contributed by atoms with Crippen LogP contribution < -0.4 is 5.32 Å². The van der Waals surface area contributed by atoms with Crippen LogP contribution in [0.5, 0.6) is 0 Å². The molecular weight excluding hydrogens is 264 g/mol. The molecule has 3 rings (SSSR count). The summed E-state index contributed by atoms with van der Waals surface area (Å²) in [6, 6.07) is 9.90. The molecule has 1 aromatic carbocycles. The van der Waals surface area contributed by atoms with E-state index in [1.807, 2.05) is 30.3 Å². The molecule has 0 fully saturated rings. The maximum atomic E-state index is 5.72. The molecule has 3 aromatic rings. The summed E-state index contributed by atoms with van der Waals surface area (Å²) in [7, 11) is 0. The monoisotopic (exact) mass is 282 g/mol. The average molecular weight is 282 g/mol. The van der Waals surface area contributed by atoms with Crippen molar-refractivity contribution < 1.29 is 4.42 Å². The molecule has 2 heterocycles. The first-order chi connectivity index (χ1) is 10.4. The number of fused-ring (bicyclic) bond motifs is 1. The van der Waals surface area contributed by atoms with E-state index in [9.17, 15) is 0 Å². The molecule has 0 amide bonds. The number of benzene rings is 1. The van der Waals surface area contributed by atoms with Crippen LogP contribution in [0.25, 0.3) is 22.4 Å². The van der Waals surface area contributed by atoms with Gasteiger partial charge in [0, 0.05) is 30.1 Å². The van der Waals surface area contributed by atoms with Gasteiger partial charge in [0.15, 0.2) is 0 Å². The van der Waals surface area contributed by atoms with E-state index in [0.717, 1.165) is 42.4 Å². The van der Waals surface area contributed by atoms with Crippen molar-refractivity contribution in [2.24, 2.45) is 0 Å². The molecule has 0 aliphatic heterocycles. The van der Waals surface area contributed by atoms with Gasteiger partial charge >= 0.3 is 0 Å². The normalized spacial score (nSPS) is 11.1. The highest BCUT2D eigenvalue weighted by Gasteiger charge is 2.09. The van der Waals surface area contributed by atoms with Gasteiger partial charge in [-0.15, -0.1) is 10.2 Å². The summed E-state index contributed by atoms with van der Waals surface area (Å²) in [5.74, 6) is 1.23. The Labute approximate surface area is 123 Å². The minimum Gasteiger partial charge on any atom is -0.421 e. The van der Waals surface area contributed by atoms with E-state index >= 15 is 0 Å². The summed E-state index contributed by atoms with van der Waals surface area (Å²) in [5, 5.41) is 12.6. The lowest BCUT2D eigenvalue weighted by Gasteiger charge is -1.99. The highest BCUT2D eigenvalue weighted by atomic mass is 16.4. The molecule has 0 saturated carbocycles. The van der Waals surface area contributed by atoms with E-state index < -0.39 is 0 Å². The Balaban J connectivity index is 1.75. The van der Waals surface area contributed by atoms with Crippen molar-refractivity contribution >= 4 is 10.9 Å². The first-order valence-electron chi connectivity index (χ1n) is 7.25. The lowest BCUT2D eigenvalue weighted by atomic mass is 10.1. The van der Waals surface area contributed by atoms with Crippen LogP contribution in [0.1, 0.15) is 19.2 Å². The minimum atomic E-state index is 0.561. The molecule has 0 spiro atoms. The van der Waals surface area contributed by atoms with Crippen LogP contribution in [0.4, 0.5) is 0 Å². The van der Waals surface area contributed by atoms with Gasteiger partial charge in [0.05, 0.1) is 5.52 Å². The maximum Gasteiger partial charge on any atom is 0.247 e. The Hall–Kier alpha value is -2.27. The topological polar surface area (TPSA) is 63.8 Å². The summed E-state index contributed by atoms with van der Waals surface area (Å²) < 4.78 is 5.72. The minimum absolute atomic E-state index is 0.561. The van der Waals surface area contributed by atoms with Crippen LogP contribution in [0.2, 0.25) is 0 Å². The zero-order valence-electron chi connectivity index (χ0n) is 12.0. The van der Waals surface area contributed by atoms with Crippen molar-refractivity contribution in [1.29, 1.82) is 0 Å². The molecule has 0 aliphatic rings. The zero-order valence-corrected chi connectivity index (χ0v) is 12.0. The smallest absolute Gasteiger partial charge is 0.247 e. The predicted molar refractivity (Wildman–Crippen MR) is 81.9 cm³/mol. The molecule has 21 heavy (non-hydrogen) atoms. The lowest BCUT2D eigenvalue weighted by Crippen LogP contribution is -2.17. The fourth-order valence-corrected chi connectivity index (χ4v) is 2.18. The Morgan fingerprint density at radius 1 is 1.14 bits per heavy atom. The van der Waals surface area contributed by atoms with Gasteiger partial charge in [-0.05, 0) is 37.2 Å². The van der Waals surface area contributed by atoms with Gasteiger partial charge in [-0.25, -0.2) is 0 Å². The first-order valence-corrected chi connectivity index (χ1v) is 7.25. The zero-order chi connectivity index (χ0) is 14.5. The van der Waals surface area contributed by atoms with Crippen molar-refractivity contribution in [2.75, 3.05) is 13.1 Å². The molecule has 0 aliphatic carbocycles. The summed E-state index contributed by atoms with van der Waals surface area (Å²) in [4.78, 5) is 4.30. The van der Waals surface area contributed by atoms with Crippen molar-refractivity contribution in [3.63, 3.8) is 0 Å². The Morgan fingerprint density at radius 2 is 2.10 bits per heavy atom. The Morgan fingerprint density at radius 3 is 3.00 bits per heavy atom. The van der Waals surface area contributed by atoms with E-state index in [0.29, 0.717) is 11.8 Å². The molecule has 108 valence electrons. The number of hydrogen-bond donors (Lipinski definition) is 1. The summed E-state index contributed by atoms with van der Waals surface area (Å²) >= 11 is 0. The third-order valence-electron chi connectivity index (χ3n) is 3.26. The van der Waals surface area contributed by atoms with Crippen LogP contribution in [0, 0.1) is 0 Å². The van der Waals surface area contributed by atoms with Crippen LogP contribution >= 0.6 is 0 Å². The highest BCUT2D eigenvalue weighted by Crippen LogP contribution is 2.22. The third-order valence-corrected chi connectivity index (χ3v) is 3.26. The van der Waals surface area contributed by atoms with Crippen molar-refractivity contribution in [1.82, 2.24) is 20.5 Å². The van der Waals surface area contributed by atoms with Gasteiger partial charge in [-0.2, -0.15) is 0 Å². The summed E-state index contributed by atoms with van der Waals surface area (Å²) in [5.41, 5.74) is 1.89. The Kier molecular flexibility index (Phi) is 4.21. The van der Waals surface area contributed by atoms with Gasteiger partial charge in [-0.1, -0.05) is 13.0 Å². The number of nitrogens with zero attached hydrogens (tertiary/aromatic N) is 3. The number of rotatable bonds is 6. The fourth-order valence-electron chi connectivity index (χ4n) is 2.18. The van der Waals surface area contributed by atoms with Crippen molar-refractivity contribution in [3.8, 4) is 11.5 Å². The van der Waals surface area contributed by atoms with Crippen molar-refractivity contribution in [2.45, 2.75) is 19.8 Å².